The number of carboxylic acid groups (broad SMARTS) is 1. The quantitative estimate of drug-likeness (QED) is 0.275. The number of unbranched alkanes of at least 4 members (excludes halogenated alkanes) is 6. The molecule has 0 bridgehead atoms. The van der Waals surface area contributed by atoms with E-state index >= 15 is 0 Å². The lowest BCUT2D eigenvalue weighted by Crippen LogP contribution is -2.28. The van der Waals surface area contributed by atoms with E-state index in [0.29, 0.717) is 38.5 Å². The summed E-state index contributed by atoms with van der Waals surface area (Å²) in [6.07, 6.45) is 8.62. The average Bonchev–Trinajstić information content (AvgIpc) is 2.99. The number of Topliss-reactive ketones (excluding diaryl/α,β-unsaturated/α-hetero) is 2. The van der Waals surface area contributed by atoms with Crippen LogP contribution in [-0.2, 0) is 14.4 Å². The second-order valence-electron chi connectivity index (χ2n) is 7.79. The van der Waals surface area contributed by atoms with Gasteiger partial charge < -0.3 is 5.11 Å². The van der Waals surface area contributed by atoms with E-state index in [4.69, 9.17) is 5.11 Å². The van der Waals surface area contributed by atoms with Gasteiger partial charge in [0.05, 0.1) is 0 Å². The van der Waals surface area contributed by atoms with Crippen LogP contribution >= 0.6 is 0 Å². The molecule has 0 spiro atoms. The van der Waals surface area contributed by atoms with Crippen molar-refractivity contribution in [2.75, 3.05) is 0 Å². The van der Waals surface area contributed by atoms with Crippen LogP contribution in [0.25, 0.3) is 0 Å². The largest absolute Gasteiger partial charge is 0.481 e. The molecular weight excluding hydrogens is 366 g/mol. The zero-order valence-electron chi connectivity index (χ0n) is 17.0. The summed E-state index contributed by atoms with van der Waals surface area (Å²) in [5.74, 6) is -5.28. The molecule has 1 saturated carbocycles. The third-order valence-corrected chi connectivity index (χ3v) is 5.43. The lowest BCUT2D eigenvalue weighted by atomic mass is 9.93. The predicted molar refractivity (Wildman–Crippen MR) is 104 cm³/mol. The van der Waals surface area contributed by atoms with Gasteiger partial charge >= 0.3 is 11.9 Å². The minimum absolute atomic E-state index is 0.121. The highest BCUT2D eigenvalue weighted by atomic mass is 19.3. The minimum Gasteiger partial charge on any atom is -0.481 e. The van der Waals surface area contributed by atoms with Crippen LogP contribution in [0, 0.1) is 5.92 Å². The maximum absolute atomic E-state index is 14.0. The summed E-state index contributed by atoms with van der Waals surface area (Å²) in [5.41, 5.74) is 0.825. The van der Waals surface area contributed by atoms with E-state index in [9.17, 15) is 23.2 Å². The van der Waals surface area contributed by atoms with Crippen molar-refractivity contribution in [3.63, 3.8) is 0 Å². The Balaban J connectivity index is 2.44. The van der Waals surface area contributed by atoms with Crippen molar-refractivity contribution in [2.24, 2.45) is 5.92 Å². The number of rotatable bonds is 15. The fraction of sp³-hybridized carbons (Fsp3) is 0.773. The second-order valence-corrected chi connectivity index (χ2v) is 7.79. The molecule has 28 heavy (non-hydrogen) atoms. The molecule has 1 rings (SSSR count). The standard InChI is InChI=1S/C22H34F2O4/c1-2-3-4-9-16-22(23,24)20(26)15-13-17-12-14-19(25)18(17)10-7-5-6-8-11-21(27)28/h13,18H,2-12,14-16H2,1H3,(H,27,28)/b17-13-. The van der Waals surface area contributed by atoms with E-state index in [1.54, 1.807) is 6.08 Å². The van der Waals surface area contributed by atoms with Crippen LogP contribution in [0.3, 0.4) is 0 Å². The summed E-state index contributed by atoms with van der Waals surface area (Å²) in [6, 6.07) is 0. The van der Waals surface area contributed by atoms with Crippen LogP contribution in [0.1, 0.15) is 96.8 Å². The minimum atomic E-state index is -3.28. The maximum atomic E-state index is 14.0. The Kier molecular flexibility index (Phi) is 11.2. The number of alkyl halides is 2. The van der Waals surface area contributed by atoms with E-state index in [-0.39, 0.29) is 24.5 Å². The molecule has 1 unspecified atom stereocenters. The second kappa shape index (κ2) is 12.8. The predicted octanol–water partition coefficient (Wildman–Crippen LogP) is 5.88. The monoisotopic (exact) mass is 400 g/mol. The highest BCUT2D eigenvalue weighted by Gasteiger charge is 2.37. The summed E-state index contributed by atoms with van der Waals surface area (Å²) in [6.45, 7) is 2.00. The van der Waals surface area contributed by atoms with Gasteiger partial charge in [-0.1, -0.05) is 57.1 Å². The van der Waals surface area contributed by atoms with Gasteiger partial charge in [-0.2, -0.15) is 8.78 Å². The highest BCUT2D eigenvalue weighted by Crippen LogP contribution is 2.33. The first-order chi connectivity index (χ1) is 13.3. The van der Waals surface area contributed by atoms with E-state index in [2.05, 4.69) is 0 Å². The van der Waals surface area contributed by atoms with Gasteiger partial charge in [-0.25, -0.2) is 0 Å². The molecule has 160 valence electrons. The van der Waals surface area contributed by atoms with E-state index in [0.717, 1.165) is 37.7 Å². The van der Waals surface area contributed by atoms with Gasteiger partial charge in [-0.05, 0) is 25.7 Å². The smallest absolute Gasteiger partial charge is 0.305 e. The third-order valence-electron chi connectivity index (χ3n) is 5.43. The van der Waals surface area contributed by atoms with Crippen LogP contribution in [-0.4, -0.2) is 28.6 Å². The highest BCUT2D eigenvalue weighted by molar-refractivity contribution is 5.89. The number of carbonyl (C=O) groups excluding carboxylic acids is 2. The number of halogens is 2. The molecule has 1 aliphatic rings. The van der Waals surface area contributed by atoms with E-state index in [1.807, 2.05) is 6.92 Å². The Morgan fingerprint density at radius 3 is 2.43 bits per heavy atom. The van der Waals surface area contributed by atoms with Crippen molar-refractivity contribution in [1.29, 1.82) is 0 Å². The Morgan fingerprint density at radius 2 is 1.75 bits per heavy atom. The van der Waals surface area contributed by atoms with Crippen LogP contribution in [0.2, 0.25) is 0 Å². The lowest BCUT2D eigenvalue weighted by Gasteiger charge is -2.15. The molecule has 4 nitrogen and oxygen atoms in total. The third kappa shape index (κ3) is 9.07. The summed E-state index contributed by atoms with van der Waals surface area (Å²) >= 11 is 0. The molecule has 1 atom stereocenters. The Hall–Kier alpha value is -1.59. The number of carbonyl (C=O) groups is 3. The van der Waals surface area contributed by atoms with Crippen LogP contribution in [0.15, 0.2) is 11.6 Å². The van der Waals surface area contributed by atoms with Gasteiger partial charge in [-0.3, -0.25) is 14.4 Å². The van der Waals surface area contributed by atoms with Gasteiger partial charge in [0.15, 0.2) is 0 Å². The topological polar surface area (TPSA) is 71.4 Å². The van der Waals surface area contributed by atoms with Crippen molar-refractivity contribution in [2.45, 2.75) is 103 Å². The molecule has 0 aromatic rings. The Morgan fingerprint density at radius 1 is 1.07 bits per heavy atom. The van der Waals surface area contributed by atoms with Gasteiger partial charge in [0.2, 0.25) is 5.78 Å². The van der Waals surface area contributed by atoms with Crippen LogP contribution in [0.4, 0.5) is 8.78 Å². The Labute approximate surface area is 166 Å². The number of aliphatic carboxylic acids is 1. The number of ketones is 2. The zero-order valence-corrected chi connectivity index (χ0v) is 17.0. The van der Waals surface area contributed by atoms with Crippen molar-refractivity contribution in [1.82, 2.24) is 0 Å². The first-order valence-electron chi connectivity index (χ1n) is 10.6. The molecule has 6 heteroatoms. The SMILES string of the molecule is CCCCCCC(F)(F)C(=O)C/C=C1/CCC(=O)C1CCCCCCC(=O)O. The summed E-state index contributed by atoms with van der Waals surface area (Å²) in [7, 11) is 0. The van der Waals surface area contributed by atoms with Gasteiger partial charge in [-0.15, -0.1) is 0 Å². The Bertz CT molecular complexity index is 555. The van der Waals surface area contributed by atoms with Crippen LogP contribution in [0.5, 0.6) is 0 Å². The molecule has 0 aliphatic heterocycles. The van der Waals surface area contributed by atoms with Crippen molar-refractivity contribution >= 4 is 17.5 Å². The maximum Gasteiger partial charge on any atom is 0.305 e. The molecule has 0 heterocycles. The van der Waals surface area contributed by atoms with E-state index in [1.165, 1.54) is 0 Å². The molecule has 0 aromatic carbocycles. The normalized spacial score (nSPS) is 18.8. The first kappa shape index (κ1) is 24.4. The zero-order chi connectivity index (χ0) is 21.0. The van der Waals surface area contributed by atoms with Crippen molar-refractivity contribution in [3.05, 3.63) is 11.6 Å². The van der Waals surface area contributed by atoms with Gasteiger partial charge in [0, 0.05) is 31.6 Å². The fourth-order valence-corrected chi connectivity index (χ4v) is 3.68. The molecule has 1 aliphatic carbocycles. The van der Waals surface area contributed by atoms with Crippen molar-refractivity contribution < 1.29 is 28.3 Å². The summed E-state index contributed by atoms with van der Waals surface area (Å²) in [5, 5.41) is 8.61. The van der Waals surface area contributed by atoms with E-state index < -0.39 is 24.1 Å². The molecule has 1 N–H and O–H groups in total. The molecule has 0 aromatic heterocycles. The fourth-order valence-electron chi connectivity index (χ4n) is 3.68. The van der Waals surface area contributed by atoms with Gasteiger partial charge in [0.25, 0.3) is 0 Å². The van der Waals surface area contributed by atoms with Crippen molar-refractivity contribution in [3.8, 4) is 0 Å². The molecule has 0 saturated heterocycles. The number of carboxylic acids is 1. The first-order valence-corrected chi connectivity index (χ1v) is 10.6. The number of allylic oxidation sites excluding steroid dienone is 2. The summed E-state index contributed by atoms with van der Waals surface area (Å²) in [4.78, 5) is 34.5. The summed E-state index contributed by atoms with van der Waals surface area (Å²) < 4.78 is 28.0. The number of hydrogen-bond donors (Lipinski definition) is 1. The molecule has 0 amide bonds. The lowest BCUT2D eigenvalue weighted by molar-refractivity contribution is -0.143. The molecule has 0 radical (unpaired) electrons. The molecular formula is C22H34F2O4. The van der Waals surface area contributed by atoms with Crippen LogP contribution < -0.4 is 0 Å². The average molecular weight is 401 g/mol. The van der Waals surface area contributed by atoms with Gasteiger partial charge in [0.1, 0.15) is 5.78 Å². The molecule has 1 fully saturated rings. The number of hydrogen-bond acceptors (Lipinski definition) is 3.